The molecule has 0 spiro atoms. The number of nitriles is 1. The predicted molar refractivity (Wildman–Crippen MR) is 113 cm³/mol. The number of benzene rings is 2. The molecule has 0 atom stereocenters. The van der Waals surface area contributed by atoms with Crippen molar-refractivity contribution in [1.82, 2.24) is 0 Å². The van der Waals surface area contributed by atoms with Gasteiger partial charge in [0.15, 0.2) is 5.69 Å². The molecule has 0 saturated carbocycles. The van der Waals surface area contributed by atoms with E-state index in [2.05, 4.69) is 6.07 Å². The van der Waals surface area contributed by atoms with Gasteiger partial charge in [-0.15, -0.1) is 0 Å². The van der Waals surface area contributed by atoms with Gasteiger partial charge < -0.3 is 4.42 Å². The van der Waals surface area contributed by atoms with Crippen LogP contribution in [0.25, 0.3) is 33.2 Å². The third kappa shape index (κ3) is 2.86. The first-order valence-electron chi connectivity index (χ1n) is 11.4. The zero-order chi connectivity index (χ0) is 23.5. The topological polar surface area (TPSA) is 40.8 Å². The minimum atomic E-state index is -1.84. The number of furan rings is 1. The van der Waals surface area contributed by atoms with Crippen LogP contribution in [0.15, 0.2) is 46.8 Å². The van der Waals surface area contributed by atoms with E-state index >= 15 is 0 Å². The van der Waals surface area contributed by atoms with Crippen LogP contribution in [0.2, 0.25) is 0 Å². The van der Waals surface area contributed by atoms with Crippen LogP contribution in [0.5, 0.6) is 0 Å². The number of fused-ring (bicyclic) bond motifs is 3. The van der Waals surface area contributed by atoms with Gasteiger partial charge in [0.1, 0.15) is 18.2 Å². The molecule has 0 aliphatic carbocycles. The molecule has 0 bridgehead atoms. The van der Waals surface area contributed by atoms with Gasteiger partial charge in [-0.25, -0.2) is 0 Å². The largest absolute Gasteiger partial charge is 0.455 e. The van der Waals surface area contributed by atoms with Crippen molar-refractivity contribution < 1.29 is 14.5 Å². The lowest BCUT2D eigenvalue weighted by molar-refractivity contribution is -0.666. The van der Waals surface area contributed by atoms with Crippen molar-refractivity contribution in [2.45, 2.75) is 34.1 Å². The highest BCUT2D eigenvalue weighted by atomic mass is 16.3. The maximum Gasteiger partial charge on any atom is 0.216 e. The maximum atomic E-state index is 9.60. The molecule has 2 aromatic carbocycles. The number of pyridine rings is 1. The Hall–Kier alpha value is -3.12. The first-order valence-corrected chi connectivity index (χ1v) is 9.37. The normalized spacial score (nSPS) is 14.0. The van der Waals surface area contributed by atoms with Crippen LogP contribution in [0, 0.1) is 31.1 Å². The Morgan fingerprint density at radius 3 is 2.71 bits per heavy atom. The summed E-state index contributed by atoms with van der Waals surface area (Å²) >= 11 is 0. The van der Waals surface area contributed by atoms with E-state index in [9.17, 15) is 5.26 Å². The Morgan fingerprint density at radius 1 is 1.21 bits per heavy atom. The van der Waals surface area contributed by atoms with Gasteiger partial charge in [0.2, 0.25) is 5.69 Å². The van der Waals surface area contributed by atoms with Crippen molar-refractivity contribution in [3.05, 3.63) is 64.8 Å². The highest BCUT2D eigenvalue weighted by Crippen LogP contribution is 2.38. The van der Waals surface area contributed by atoms with Crippen LogP contribution in [0.4, 0.5) is 0 Å². The summed E-state index contributed by atoms with van der Waals surface area (Å²) in [6.45, 7) is 7.21. The van der Waals surface area contributed by atoms with E-state index in [0.717, 1.165) is 16.3 Å². The van der Waals surface area contributed by atoms with E-state index in [0.29, 0.717) is 33.7 Å². The van der Waals surface area contributed by atoms with Gasteiger partial charge in [-0.3, -0.25) is 0 Å². The predicted octanol–water partition coefficient (Wildman–Crippen LogP) is 5.76. The van der Waals surface area contributed by atoms with E-state index in [1.54, 1.807) is 44.5 Å². The molecule has 0 aliphatic heterocycles. The number of rotatable bonds is 3. The third-order valence-corrected chi connectivity index (χ3v) is 5.05. The first-order chi connectivity index (χ1) is 15.0. The summed E-state index contributed by atoms with van der Waals surface area (Å²) in [5.41, 5.74) is 4.36. The first kappa shape index (κ1) is 14.0. The molecule has 3 nitrogen and oxygen atoms in total. The Labute approximate surface area is 171 Å². The number of nitrogens with zero attached hydrogens (tertiary/aromatic N) is 2. The molecule has 0 radical (unpaired) electrons. The molecular weight excluding hydrogens is 344 g/mol. The van der Waals surface area contributed by atoms with E-state index < -0.39 is 12.3 Å². The molecule has 28 heavy (non-hydrogen) atoms. The highest BCUT2D eigenvalue weighted by Gasteiger charge is 2.23. The van der Waals surface area contributed by atoms with Crippen molar-refractivity contribution in [2.75, 3.05) is 0 Å². The second-order valence-electron chi connectivity index (χ2n) is 7.44. The Kier molecular flexibility index (Phi) is 3.39. The summed E-state index contributed by atoms with van der Waals surface area (Å²) in [7, 11) is 1.79. The van der Waals surface area contributed by atoms with Crippen LogP contribution in [-0.4, -0.2) is 0 Å². The van der Waals surface area contributed by atoms with Crippen molar-refractivity contribution in [1.29, 1.82) is 5.26 Å². The highest BCUT2D eigenvalue weighted by molar-refractivity contribution is 6.11. The van der Waals surface area contributed by atoms with E-state index in [4.69, 9.17) is 9.90 Å². The second kappa shape index (κ2) is 6.80. The van der Waals surface area contributed by atoms with Gasteiger partial charge >= 0.3 is 0 Å². The Bertz CT molecular complexity index is 1440. The molecule has 0 amide bonds. The molecule has 140 valence electrons. The summed E-state index contributed by atoms with van der Waals surface area (Å²) in [6.07, 6.45) is -1.84. The molecule has 0 saturated heterocycles. The lowest BCUT2D eigenvalue weighted by Gasteiger charge is -2.11. The van der Waals surface area contributed by atoms with Gasteiger partial charge in [-0.05, 0) is 42.5 Å². The quantitative estimate of drug-likeness (QED) is 0.428. The zero-order valence-corrected chi connectivity index (χ0v) is 16.8. The molecule has 4 aromatic rings. The lowest BCUT2D eigenvalue weighted by atomic mass is 9.96. The number of hydrogen-bond donors (Lipinski definition) is 0. The van der Waals surface area contributed by atoms with Gasteiger partial charge in [-0.2, -0.15) is 9.83 Å². The SMILES string of the molecule is [2H]c1c(C([2H])([2H])C(C)C)c([2H])c(-c2c(C)ccc3c2oc2cccc(C#N)c23)[n+](C)c1C. The summed E-state index contributed by atoms with van der Waals surface area (Å²) in [5.74, 6) is -0.406. The Balaban J connectivity index is 2.20. The minimum Gasteiger partial charge on any atom is -0.455 e. The maximum absolute atomic E-state index is 9.60. The van der Waals surface area contributed by atoms with Crippen molar-refractivity contribution in [3.8, 4) is 17.3 Å². The van der Waals surface area contributed by atoms with Crippen LogP contribution < -0.4 is 4.57 Å². The molecule has 2 heterocycles. The second-order valence-corrected chi connectivity index (χ2v) is 7.44. The van der Waals surface area contributed by atoms with E-state index in [1.807, 2.05) is 25.1 Å². The number of aryl methyl sites for hydroxylation is 1. The standard InChI is InChI=1S/C25H25N2O/c1-15(2)11-18-12-17(4)27(5)21(13-18)23-16(3)9-10-20-24-19(14-26)7-6-8-22(24)28-25(20)23/h6-10,12-13,15H,11H2,1-5H3/q+1/i11D2,12D,13D. The smallest absolute Gasteiger partial charge is 0.216 e. The molecule has 0 fully saturated rings. The summed E-state index contributed by atoms with van der Waals surface area (Å²) < 4.78 is 42.9. The Morgan fingerprint density at radius 2 is 2.00 bits per heavy atom. The average Bonchev–Trinajstić information content (AvgIpc) is 3.12. The average molecular weight is 374 g/mol. The zero-order valence-electron chi connectivity index (χ0n) is 20.8. The van der Waals surface area contributed by atoms with Crippen LogP contribution in [0.1, 0.15) is 41.7 Å². The van der Waals surface area contributed by atoms with Crippen molar-refractivity contribution >= 4 is 21.9 Å². The summed E-state index contributed by atoms with van der Waals surface area (Å²) in [4.78, 5) is 0. The monoisotopic (exact) mass is 373 g/mol. The van der Waals surface area contributed by atoms with Crippen molar-refractivity contribution in [3.63, 3.8) is 0 Å². The van der Waals surface area contributed by atoms with Crippen LogP contribution >= 0.6 is 0 Å². The number of hydrogen-bond acceptors (Lipinski definition) is 2. The fourth-order valence-electron chi connectivity index (χ4n) is 3.63. The molecule has 0 unspecified atom stereocenters. The fraction of sp³-hybridized carbons (Fsp3) is 0.280. The van der Waals surface area contributed by atoms with E-state index in [-0.39, 0.29) is 17.6 Å². The van der Waals surface area contributed by atoms with Crippen LogP contribution in [0.3, 0.4) is 0 Å². The molecular formula is C25H25N2O+. The molecule has 4 rings (SSSR count). The van der Waals surface area contributed by atoms with Gasteiger partial charge in [-0.1, -0.05) is 32.0 Å². The van der Waals surface area contributed by atoms with E-state index in [1.165, 1.54) is 0 Å². The minimum absolute atomic E-state index is 0.0154. The van der Waals surface area contributed by atoms with Gasteiger partial charge in [0.05, 0.1) is 19.9 Å². The lowest BCUT2D eigenvalue weighted by Crippen LogP contribution is -2.35. The molecule has 3 heteroatoms. The summed E-state index contributed by atoms with van der Waals surface area (Å²) in [6, 6.07) is 11.5. The summed E-state index contributed by atoms with van der Waals surface area (Å²) in [5, 5.41) is 11.1. The third-order valence-electron chi connectivity index (χ3n) is 5.05. The molecule has 0 N–H and O–H groups in total. The van der Waals surface area contributed by atoms with Gasteiger partial charge in [0, 0.05) is 32.5 Å². The number of aromatic nitrogens is 1. The van der Waals surface area contributed by atoms with Crippen molar-refractivity contribution in [2.24, 2.45) is 13.0 Å². The van der Waals surface area contributed by atoms with Gasteiger partial charge in [0.25, 0.3) is 0 Å². The van der Waals surface area contributed by atoms with Crippen LogP contribution in [-0.2, 0) is 13.4 Å². The fourth-order valence-corrected chi connectivity index (χ4v) is 3.63. The molecule has 2 aromatic heterocycles. The molecule has 0 aliphatic rings.